The fourth-order valence-electron chi connectivity index (χ4n) is 2.16. The molecule has 0 spiro atoms. The smallest absolute Gasteiger partial charge is 0.346 e. The van der Waals surface area contributed by atoms with Crippen LogP contribution in [0.3, 0.4) is 0 Å². The first kappa shape index (κ1) is 18.7. The van der Waals surface area contributed by atoms with Gasteiger partial charge in [0.25, 0.3) is 0 Å². The maximum atomic E-state index is 13.7. The molecular weight excluding hydrogens is 391 g/mol. The van der Waals surface area contributed by atoms with E-state index < -0.39 is 11.8 Å². The van der Waals surface area contributed by atoms with Gasteiger partial charge in [-0.25, -0.2) is 9.18 Å². The summed E-state index contributed by atoms with van der Waals surface area (Å²) < 4.78 is 26.2. The standard InChI is InChI=1S/C17H13FN4O3S2/c1-24-14-8-10(9-19-22-16(26)20-21-17(22)27)6-7-13(14)25-15(23)11-4-2-3-5-12(11)18/h2-9H,1H3,(H,20,26)(H,21,27)/b19-9-. The zero-order valence-corrected chi connectivity index (χ0v) is 15.6. The molecule has 0 saturated heterocycles. The highest BCUT2D eigenvalue weighted by atomic mass is 32.1. The predicted molar refractivity (Wildman–Crippen MR) is 102 cm³/mol. The number of rotatable bonds is 5. The molecule has 2 aromatic carbocycles. The number of aromatic nitrogens is 3. The summed E-state index contributed by atoms with van der Waals surface area (Å²) in [5.74, 6) is -1.05. The van der Waals surface area contributed by atoms with Crippen molar-refractivity contribution in [3.05, 3.63) is 69.0 Å². The second-order valence-corrected chi connectivity index (χ2v) is 5.97. The van der Waals surface area contributed by atoms with Crippen molar-refractivity contribution in [2.45, 2.75) is 0 Å². The Morgan fingerprint density at radius 2 is 1.85 bits per heavy atom. The first-order valence-electron chi connectivity index (χ1n) is 7.58. The van der Waals surface area contributed by atoms with Crippen LogP contribution in [0.15, 0.2) is 47.6 Å². The van der Waals surface area contributed by atoms with E-state index in [1.165, 1.54) is 42.3 Å². The number of nitrogens with one attached hydrogen (secondary N) is 2. The molecule has 1 heterocycles. The maximum absolute atomic E-state index is 13.7. The quantitative estimate of drug-likeness (QED) is 0.292. The number of benzene rings is 2. The zero-order chi connectivity index (χ0) is 19.4. The van der Waals surface area contributed by atoms with Gasteiger partial charge >= 0.3 is 5.97 Å². The van der Waals surface area contributed by atoms with Crippen LogP contribution in [0, 0.1) is 15.4 Å². The van der Waals surface area contributed by atoms with Crippen LogP contribution in [0.1, 0.15) is 15.9 Å². The van der Waals surface area contributed by atoms with Crippen molar-refractivity contribution in [1.82, 2.24) is 14.9 Å². The molecule has 0 fully saturated rings. The Balaban J connectivity index is 1.84. The molecule has 138 valence electrons. The van der Waals surface area contributed by atoms with Gasteiger partial charge in [0, 0.05) is 0 Å². The Kier molecular flexibility index (Phi) is 5.57. The highest BCUT2D eigenvalue weighted by molar-refractivity contribution is 7.72. The van der Waals surface area contributed by atoms with E-state index in [4.69, 9.17) is 33.9 Å². The number of ether oxygens (including phenoxy) is 2. The molecule has 0 aliphatic heterocycles. The lowest BCUT2D eigenvalue weighted by Crippen LogP contribution is -2.11. The van der Waals surface area contributed by atoms with E-state index in [0.717, 1.165) is 0 Å². The van der Waals surface area contributed by atoms with Gasteiger partial charge in [-0.05, 0) is 60.3 Å². The molecule has 0 amide bonds. The van der Waals surface area contributed by atoms with Crippen LogP contribution in [0.5, 0.6) is 11.5 Å². The fourth-order valence-corrected chi connectivity index (χ4v) is 2.60. The normalized spacial score (nSPS) is 10.9. The summed E-state index contributed by atoms with van der Waals surface area (Å²) in [7, 11) is 1.43. The van der Waals surface area contributed by atoms with Gasteiger partial charge in [0.15, 0.2) is 11.5 Å². The number of esters is 1. The van der Waals surface area contributed by atoms with Gasteiger partial charge in [-0.2, -0.15) is 9.78 Å². The Morgan fingerprint density at radius 1 is 1.15 bits per heavy atom. The fraction of sp³-hybridized carbons (Fsp3) is 0.0588. The van der Waals surface area contributed by atoms with Gasteiger partial charge in [0.05, 0.1) is 18.9 Å². The van der Waals surface area contributed by atoms with Gasteiger partial charge in [0.1, 0.15) is 5.82 Å². The van der Waals surface area contributed by atoms with Crippen molar-refractivity contribution in [2.24, 2.45) is 5.10 Å². The highest BCUT2D eigenvalue weighted by Crippen LogP contribution is 2.28. The lowest BCUT2D eigenvalue weighted by molar-refractivity contribution is 0.0725. The van der Waals surface area contributed by atoms with Crippen LogP contribution in [-0.4, -0.2) is 34.2 Å². The lowest BCUT2D eigenvalue weighted by atomic mass is 10.2. The second kappa shape index (κ2) is 8.06. The van der Waals surface area contributed by atoms with Crippen LogP contribution < -0.4 is 9.47 Å². The van der Waals surface area contributed by atoms with E-state index in [9.17, 15) is 9.18 Å². The van der Waals surface area contributed by atoms with Crippen LogP contribution in [-0.2, 0) is 0 Å². The number of hydrogen-bond donors (Lipinski definition) is 2. The van der Waals surface area contributed by atoms with Crippen LogP contribution in [0.4, 0.5) is 4.39 Å². The highest BCUT2D eigenvalue weighted by Gasteiger charge is 2.16. The van der Waals surface area contributed by atoms with Crippen molar-refractivity contribution in [3.8, 4) is 11.5 Å². The van der Waals surface area contributed by atoms with E-state index in [1.807, 2.05) is 0 Å². The number of hydrogen-bond acceptors (Lipinski definition) is 6. The topological polar surface area (TPSA) is 84.4 Å². The number of halogens is 1. The Morgan fingerprint density at radius 3 is 2.52 bits per heavy atom. The Hall–Kier alpha value is -3.11. The Bertz CT molecular complexity index is 1110. The zero-order valence-electron chi connectivity index (χ0n) is 13.9. The van der Waals surface area contributed by atoms with E-state index in [1.54, 1.807) is 18.2 Å². The van der Waals surface area contributed by atoms with Crippen LogP contribution in [0.25, 0.3) is 0 Å². The van der Waals surface area contributed by atoms with Crippen molar-refractivity contribution in [1.29, 1.82) is 0 Å². The number of carbonyl (C=O) groups is 1. The van der Waals surface area contributed by atoms with Crippen LogP contribution in [0.2, 0.25) is 0 Å². The molecule has 0 bridgehead atoms. The summed E-state index contributed by atoms with van der Waals surface area (Å²) in [5, 5.41) is 9.51. The average Bonchev–Trinajstić information content (AvgIpc) is 2.99. The van der Waals surface area contributed by atoms with Crippen molar-refractivity contribution < 1.29 is 18.7 Å². The third-order valence-corrected chi connectivity index (χ3v) is 4.02. The van der Waals surface area contributed by atoms with Gasteiger partial charge in [-0.15, -0.1) is 0 Å². The average molecular weight is 404 g/mol. The van der Waals surface area contributed by atoms with Crippen LogP contribution >= 0.6 is 24.4 Å². The molecule has 7 nitrogen and oxygen atoms in total. The molecule has 0 aliphatic rings. The van der Waals surface area contributed by atoms with Crippen molar-refractivity contribution in [2.75, 3.05) is 7.11 Å². The molecule has 3 rings (SSSR count). The van der Waals surface area contributed by atoms with E-state index in [-0.39, 0.29) is 17.1 Å². The molecule has 0 saturated carbocycles. The van der Waals surface area contributed by atoms with Gasteiger partial charge < -0.3 is 9.47 Å². The first-order valence-corrected chi connectivity index (χ1v) is 8.40. The first-order chi connectivity index (χ1) is 13.0. The number of H-pyrrole nitrogens is 2. The minimum Gasteiger partial charge on any atom is -0.493 e. The van der Waals surface area contributed by atoms with E-state index in [2.05, 4.69) is 15.3 Å². The largest absolute Gasteiger partial charge is 0.493 e. The number of carbonyl (C=O) groups excluding carboxylic acids is 1. The molecule has 0 radical (unpaired) electrons. The molecule has 10 heteroatoms. The minimum absolute atomic E-state index is 0.151. The molecule has 0 atom stereocenters. The molecule has 27 heavy (non-hydrogen) atoms. The van der Waals surface area contributed by atoms with Crippen molar-refractivity contribution in [3.63, 3.8) is 0 Å². The van der Waals surface area contributed by atoms with E-state index >= 15 is 0 Å². The summed E-state index contributed by atoms with van der Waals surface area (Å²) in [6, 6.07) is 10.3. The van der Waals surface area contributed by atoms with Gasteiger partial charge in [0.2, 0.25) is 9.54 Å². The lowest BCUT2D eigenvalue weighted by Gasteiger charge is -2.10. The molecular formula is C17H13FN4O3S2. The summed E-state index contributed by atoms with van der Waals surface area (Å²) in [5.41, 5.74) is 0.483. The molecule has 0 aliphatic carbocycles. The second-order valence-electron chi connectivity index (χ2n) is 5.20. The number of aromatic amines is 2. The maximum Gasteiger partial charge on any atom is 0.346 e. The molecule has 2 N–H and O–H groups in total. The summed E-state index contributed by atoms with van der Waals surface area (Å²) >= 11 is 10.1. The third kappa shape index (κ3) is 4.18. The minimum atomic E-state index is -0.822. The van der Waals surface area contributed by atoms with E-state index in [0.29, 0.717) is 15.1 Å². The monoisotopic (exact) mass is 404 g/mol. The third-order valence-electron chi connectivity index (χ3n) is 3.47. The van der Waals surface area contributed by atoms with Crippen molar-refractivity contribution >= 4 is 36.6 Å². The molecule has 1 aromatic heterocycles. The summed E-state index contributed by atoms with van der Waals surface area (Å²) in [6.07, 6.45) is 1.51. The number of methoxy groups -OCH3 is 1. The summed E-state index contributed by atoms with van der Waals surface area (Å²) in [4.78, 5) is 12.2. The number of nitrogens with zero attached hydrogens (tertiary/aromatic N) is 2. The predicted octanol–water partition coefficient (Wildman–Crippen LogP) is 3.85. The van der Waals surface area contributed by atoms with Gasteiger partial charge in [-0.3, -0.25) is 10.2 Å². The molecule has 3 aromatic rings. The molecule has 0 unspecified atom stereocenters. The summed E-state index contributed by atoms with van der Waals surface area (Å²) in [6.45, 7) is 0. The van der Waals surface area contributed by atoms with Gasteiger partial charge in [-0.1, -0.05) is 12.1 Å². The SMILES string of the molecule is COc1cc(/C=N\n2c(=S)[nH][nH]c2=S)ccc1OC(=O)c1ccccc1F. The Labute approximate surface area is 163 Å².